The van der Waals surface area contributed by atoms with Crippen LogP contribution in [-0.2, 0) is 0 Å². The summed E-state index contributed by atoms with van der Waals surface area (Å²) in [4.78, 5) is 0. The molecule has 1 rings (SSSR count). The van der Waals surface area contributed by atoms with Crippen molar-refractivity contribution >= 4 is 0 Å². The molecule has 0 radical (unpaired) electrons. The van der Waals surface area contributed by atoms with Crippen molar-refractivity contribution in [3.63, 3.8) is 0 Å². The molecule has 1 aliphatic heterocycles. The van der Waals surface area contributed by atoms with Crippen molar-refractivity contribution in [3.8, 4) is 0 Å². The van der Waals surface area contributed by atoms with Crippen molar-refractivity contribution in [1.29, 1.82) is 0 Å². The maximum Gasteiger partial charge on any atom is 0.0256 e. The Balaban J connectivity index is 1.69. The molecule has 1 aliphatic rings. The van der Waals surface area contributed by atoms with E-state index in [1.165, 1.54) is 77.0 Å². The molecular weight excluding hydrogens is 258 g/mol. The Morgan fingerprint density at radius 2 is 1.19 bits per heavy atom. The van der Waals surface area contributed by atoms with E-state index in [0.29, 0.717) is 0 Å². The van der Waals surface area contributed by atoms with Gasteiger partial charge in [-0.2, -0.15) is 0 Å². The van der Waals surface area contributed by atoms with Crippen molar-refractivity contribution < 1.29 is 0 Å². The number of nitrogens with zero attached hydrogens (tertiary/aromatic N) is 1. The molecule has 1 fully saturated rings. The van der Waals surface area contributed by atoms with Gasteiger partial charge < -0.3 is 5.32 Å². The first-order valence-electron chi connectivity index (χ1n) is 9.62. The molecule has 2 N–H and O–H groups in total. The van der Waals surface area contributed by atoms with Crippen LogP contribution in [0.25, 0.3) is 0 Å². The summed E-state index contributed by atoms with van der Waals surface area (Å²) in [5, 5.41) is 5.75. The summed E-state index contributed by atoms with van der Waals surface area (Å²) < 4.78 is 0. The minimum atomic E-state index is 1.13. The lowest BCUT2D eigenvalue weighted by Crippen LogP contribution is -2.50. The Labute approximate surface area is 133 Å². The number of hydrazine groups is 1. The van der Waals surface area contributed by atoms with Gasteiger partial charge in [0.05, 0.1) is 0 Å². The summed E-state index contributed by atoms with van der Waals surface area (Å²) in [6.07, 6.45) is 17.2. The number of hydrogen-bond acceptors (Lipinski definition) is 3. The molecule has 0 unspecified atom stereocenters. The molecule has 21 heavy (non-hydrogen) atoms. The molecule has 3 heteroatoms. The molecule has 0 atom stereocenters. The summed E-state index contributed by atoms with van der Waals surface area (Å²) in [5.74, 6) is 0. The van der Waals surface area contributed by atoms with E-state index in [1.807, 2.05) is 0 Å². The molecule has 126 valence electrons. The minimum Gasteiger partial charge on any atom is -0.314 e. The van der Waals surface area contributed by atoms with Gasteiger partial charge in [-0.15, -0.1) is 0 Å². The molecule has 0 aliphatic carbocycles. The maximum atomic E-state index is 3.55. The van der Waals surface area contributed by atoms with Gasteiger partial charge in [-0.05, 0) is 6.42 Å². The third-order valence-electron chi connectivity index (χ3n) is 4.48. The number of piperazine rings is 1. The molecule has 0 saturated carbocycles. The van der Waals surface area contributed by atoms with Gasteiger partial charge in [0.25, 0.3) is 0 Å². The molecular formula is C18H39N3. The third-order valence-corrected chi connectivity index (χ3v) is 4.48. The average Bonchev–Trinajstić information content (AvgIpc) is 2.53. The molecule has 3 nitrogen and oxygen atoms in total. The lowest BCUT2D eigenvalue weighted by atomic mass is 10.1. The Morgan fingerprint density at radius 1 is 0.714 bits per heavy atom. The lowest BCUT2D eigenvalue weighted by molar-refractivity contribution is 0.163. The first-order valence-corrected chi connectivity index (χ1v) is 9.62. The van der Waals surface area contributed by atoms with Crippen LogP contribution in [-0.4, -0.2) is 37.7 Å². The molecule has 0 bridgehead atoms. The Bertz CT molecular complexity index is 203. The highest BCUT2D eigenvalue weighted by Gasteiger charge is 2.07. The fourth-order valence-corrected chi connectivity index (χ4v) is 3.03. The zero-order chi connectivity index (χ0) is 15.0. The van der Waals surface area contributed by atoms with Crippen LogP contribution in [0, 0.1) is 0 Å². The second-order valence-electron chi connectivity index (χ2n) is 6.53. The minimum absolute atomic E-state index is 1.13. The van der Waals surface area contributed by atoms with Crippen LogP contribution in [0.1, 0.15) is 84.0 Å². The van der Waals surface area contributed by atoms with Crippen molar-refractivity contribution in [1.82, 2.24) is 15.8 Å². The lowest BCUT2D eigenvalue weighted by Gasteiger charge is -2.27. The van der Waals surface area contributed by atoms with Crippen LogP contribution >= 0.6 is 0 Å². The van der Waals surface area contributed by atoms with E-state index in [-0.39, 0.29) is 0 Å². The summed E-state index contributed by atoms with van der Waals surface area (Å²) in [5.41, 5.74) is 3.55. The van der Waals surface area contributed by atoms with E-state index < -0.39 is 0 Å². The van der Waals surface area contributed by atoms with Crippen LogP contribution in [0.4, 0.5) is 0 Å². The number of hydrogen-bond donors (Lipinski definition) is 2. The highest BCUT2D eigenvalue weighted by molar-refractivity contribution is 4.63. The van der Waals surface area contributed by atoms with Gasteiger partial charge in [0.15, 0.2) is 0 Å². The quantitative estimate of drug-likeness (QED) is 0.473. The molecule has 1 saturated heterocycles. The van der Waals surface area contributed by atoms with Crippen LogP contribution in [0.5, 0.6) is 0 Å². The summed E-state index contributed by atoms with van der Waals surface area (Å²) in [6, 6.07) is 0. The number of unbranched alkanes of at least 4 members (excludes halogenated alkanes) is 11. The maximum absolute atomic E-state index is 3.55. The highest BCUT2D eigenvalue weighted by atomic mass is 15.5. The van der Waals surface area contributed by atoms with E-state index in [4.69, 9.17) is 0 Å². The molecule has 1 heterocycles. The van der Waals surface area contributed by atoms with Crippen LogP contribution in [0.3, 0.4) is 0 Å². The van der Waals surface area contributed by atoms with Crippen molar-refractivity contribution in [3.05, 3.63) is 0 Å². The van der Waals surface area contributed by atoms with Gasteiger partial charge in [-0.25, -0.2) is 5.01 Å². The van der Waals surface area contributed by atoms with Gasteiger partial charge in [0.2, 0.25) is 0 Å². The molecule has 0 spiro atoms. The normalized spacial score (nSPS) is 16.4. The van der Waals surface area contributed by atoms with Gasteiger partial charge in [-0.3, -0.25) is 5.43 Å². The molecule has 0 aromatic heterocycles. The number of rotatable bonds is 14. The highest BCUT2D eigenvalue weighted by Crippen LogP contribution is 2.11. The standard InChI is InChI=1S/C18H39N3/c1-2-3-4-5-6-7-8-9-10-11-12-13-14-20-21-17-15-19-16-18-21/h19-20H,2-18H2,1H3. The fraction of sp³-hybridized carbons (Fsp3) is 1.00. The van der Waals surface area contributed by atoms with Crippen LogP contribution in [0.2, 0.25) is 0 Å². The van der Waals surface area contributed by atoms with Gasteiger partial charge in [0.1, 0.15) is 0 Å². The largest absolute Gasteiger partial charge is 0.314 e. The Morgan fingerprint density at radius 3 is 1.71 bits per heavy atom. The second-order valence-corrected chi connectivity index (χ2v) is 6.53. The Hall–Kier alpha value is -0.120. The molecule has 0 aromatic carbocycles. The van der Waals surface area contributed by atoms with Crippen molar-refractivity contribution in [2.45, 2.75) is 84.0 Å². The van der Waals surface area contributed by atoms with Gasteiger partial charge >= 0.3 is 0 Å². The third kappa shape index (κ3) is 12.1. The van der Waals surface area contributed by atoms with E-state index in [1.54, 1.807) is 0 Å². The molecule has 0 amide bonds. The fourth-order valence-electron chi connectivity index (χ4n) is 3.03. The SMILES string of the molecule is CCCCCCCCCCCCCCNN1CCNCC1. The van der Waals surface area contributed by atoms with E-state index >= 15 is 0 Å². The average molecular weight is 298 g/mol. The summed E-state index contributed by atoms with van der Waals surface area (Å²) >= 11 is 0. The Kier molecular flexibility index (Phi) is 13.3. The van der Waals surface area contributed by atoms with E-state index in [2.05, 4.69) is 22.7 Å². The zero-order valence-corrected chi connectivity index (χ0v) is 14.5. The van der Waals surface area contributed by atoms with Crippen molar-refractivity contribution in [2.24, 2.45) is 0 Å². The molecule has 0 aromatic rings. The van der Waals surface area contributed by atoms with E-state index in [0.717, 1.165) is 32.7 Å². The van der Waals surface area contributed by atoms with Crippen LogP contribution in [0.15, 0.2) is 0 Å². The van der Waals surface area contributed by atoms with Gasteiger partial charge in [0, 0.05) is 32.7 Å². The summed E-state index contributed by atoms with van der Waals surface area (Å²) in [7, 11) is 0. The predicted octanol–water partition coefficient (Wildman–Crippen LogP) is 4.10. The number of nitrogens with one attached hydrogen (secondary N) is 2. The van der Waals surface area contributed by atoms with Crippen molar-refractivity contribution in [2.75, 3.05) is 32.7 Å². The zero-order valence-electron chi connectivity index (χ0n) is 14.5. The second kappa shape index (κ2) is 14.8. The smallest absolute Gasteiger partial charge is 0.0256 e. The van der Waals surface area contributed by atoms with Crippen LogP contribution < -0.4 is 10.7 Å². The topological polar surface area (TPSA) is 27.3 Å². The predicted molar refractivity (Wildman–Crippen MR) is 93.5 cm³/mol. The first kappa shape index (κ1) is 18.9. The van der Waals surface area contributed by atoms with E-state index in [9.17, 15) is 0 Å². The van der Waals surface area contributed by atoms with Gasteiger partial charge in [-0.1, -0.05) is 77.6 Å². The monoisotopic (exact) mass is 297 g/mol. The first-order chi connectivity index (χ1) is 10.4. The summed E-state index contributed by atoms with van der Waals surface area (Å²) in [6.45, 7) is 8.02.